The Labute approximate surface area is 129 Å². The summed E-state index contributed by atoms with van der Waals surface area (Å²) >= 11 is 3.29. The number of nitrogens with zero attached hydrogens (tertiary/aromatic N) is 1. The van der Waals surface area contributed by atoms with Crippen LogP contribution in [-0.4, -0.2) is 25.8 Å². The lowest BCUT2D eigenvalue weighted by Crippen LogP contribution is -2.32. The maximum atomic E-state index is 12.7. The molecule has 0 unspecified atom stereocenters. The Kier molecular flexibility index (Phi) is 4.47. The molecule has 1 aromatic rings. The van der Waals surface area contributed by atoms with E-state index in [1.54, 1.807) is 22.5 Å². The molecule has 1 aliphatic rings. The van der Waals surface area contributed by atoms with Gasteiger partial charge in [-0.25, -0.2) is 8.42 Å². The smallest absolute Gasteiger partial charge is 0.243 e. The van der Waals surface area contributed by atoms with Gasteiger partial charge >= 0.3 is 0 Å². The quantitative estimate of drug-likeness (QED) is 0.823. The van der Waals surface area contributed by atoms with Crippen molar-refractivity contribution in [2.45, 2.75) is 38.0 Å². The van der Waals surface area contributed by atoms with Crippen molar-refractivity contribution in [3.63, 3.8) is 0 Å². The number of nitrogens with two attached hydrogens (primary N) is 1. The molecule has 4 nitrogen and oxygen atoms in total. The van der Waals surface area contributed by atoms with Crippen LogP contribution in [0, 0.1) is 5.41 Å². The fourth-order valence-corrected chi connectivity index (χ4v) is 4.49. The number of benzene rings is 1. The zero-order chi connectivity index (χ0) is 15.0. The third-order valence-corrected chi connectivity index (χ3v) is 6.49. The van der Waals surface area contributed by atoms with Gasteiger partial charge in [0.1, 0.15) is 0 Å². The molecule has 0 spiro atoms. The first-order valence-electron chi connectivity index (χ1n) is 6.78. The molecule has 0 radical (unpaired) electrons. The molecule has 0 amide bonds. The molecule has 0 aliphatic carbocycles. The largest absolute Gasteiger partial charge is 0.398 e. The molecule has 20 heavy (non-hydrogen) atoms. The lowest BCUT2D eigenvalue weighted by molar-refractivity contribution is 0.315. The van der Waals surface area contributed by atoms with Crippen LogP contribution in [0.2, 0.25) is 0 Å². The molecule has 0 saturated carbocycles. The number of hydrogen-bond donors (Lipinski definition) is 1. The number of nitrogen functional groups attached to an aromatic ring is 1. The summed E-state index contributed by atoms with van der Waals surface area (Å²) < 4.78 is 27.6. The molecular weight excluding hydrogens is 340 g/mol. The van der Waals surface area contributed by atoms with E-state index in [0.717, 1.165) is 19.3 Å². The van der Waals surface area contributed by atoms with Crippen LogP contribution in [0.25, 0.3) is 0 Å². The van der Waals surface area contributed by atoms with E-state index >= 15 is 0 Å². The van der Waals surface area contributed by atoms with Crippen LogP contribution in [0.5, 0.6) is 0 Å². The van der Waals surface area contributed by atoms with Crippen LogP contribution in [-0.2, 0) is 10.0 Å². The van der Waals surface area contributed by atoms with Crippen molar-refractivity contribution >= 4 is 31.6 Å². The molecule has 2 N–H and O–H groups in total. The van der Waals surface area contributed by atoms with Gasteiger partial charge in [-0.1, -0.05) is 13.8 Å². The highest BCUT2D eigenvalue weighted by Crippen LogP contribution is 2.32. The second-order valence-electron chi connectivity index (χ2n) is 6.11. The Morgan fingerprint density at radius 2 is 1.95 bits per heavy atom. The molecule has 2 rings (SSSR count). The van der Waals surface area contributed by atoms with Gasteiger partial charge in [0.05, 0.1) is 4.90 Å². The van der Waals surface area contributed by atoms with Crippen LogP contribution >= 0.6 is 15.9 Å². The molecule has 1 aromatic carbocycles. The number of halogens is 1. The molecule has 0 bridgehead atoms. The van der Waals surface area contributed by atoms with Crippen molar-refractivity contribution in [3.8, 4) is 0 Å². The normalized spacial score (nSPS) is 20.6. The van der Waals surface area contributed by atoms with Gasteiger partial charge < -0.3 is 5.73 Å². The lowest BCUT2D eigenvalue weighted by atomic mass is 9.85. The van der Waals surface area contributed by atoms with E-state index in [-0.39, 0.29) is 5.41 Å². The van der Waals surface area contributed by atoms with Gasteiger partial charge in [-0.15, -0.1) is 0 Å². The zero-order valence-electron chi connectivity index (χ0n) is 11.9. The molecule has 112 valence electrons. The summed E-state index contributed by atoms with van der Waals surface area (Å²) in [7, 11) is -3.43. The van der Waals surface area contributed by atoms with E-state index in [0.29, 0.717) is 28.1 Å². The lowest BCUT2D eigenvalue weighted by Gasteiger charge is -2.23. The van der Waals surface area contributed by atoms with Crippen molar-refractivity contribution in [2.24, 2.45) is 5.41 Å². The highest BCUT2D eigenvalue weighted by Gasteiger charge is 2.30. The summed E-state index contributed by atoms with van der Waals surface area (Å²) in [6.07, 6.45) is 2.86. The second-order valence-corrected chi connectivity index (χ2v) is 8.90. The van der Waals surface area contributed by atoms with Crippen LogP contribution in [0.3, 0.4) is 0 Å². The van der Waals surface area contributed by atoms with Crippen molar-refractivity contribution in [1.82, 2.24) is 4.31 Å². The van der Waals surface area contributed by atoms with Crippen LogP contribution < -0.4 is 5.73 Å². The predicted octanol–water partition coefficient (Wildman–Crippen LogP) is 3.23. The predicted molar refractivity (Wildman–Crippen MR) is 84.9 cm³/mol. The van der Waals surface area contributed by atoms with Gasteiger partial charge in [0.15, 0.2) is 0 Å². The minimum Gasteiger partial charge on any atom is -0.398 e. The SMILES string of the molecule is CC1(C)CCCN(S(=O)(=O)c2ccc(N)c(Br)c2)CC1. The molecule has 0 atom stereocenters. The maximum Gasteiger partial charge on any atom is 0.243 e. The summed E-state index contributed by atoms with van der Waals surface area (Å²) in [6, 6.07) is 4.78. The number of sulfonamides is 1. The molecule has 1 saturated heterocycles. The van der Waals surface area contributed by atoms with Crippen molar-refractivity contribution in [1.29, 1.82) is 0 Å². The molecule has 1 aliphatic heterocycles. The van der Waals surface area contributed by atoms with Crippen LogP contribution in [0.4, 0.5) is 5.69 Å². The topological polar surface area (TPSA) is 63.4 Å². The number of anilines is 1. The first-order chi connectivity index (χ1) is 9.22. The minimum absolute atomic E-state index is 0.214. The van der Waals surface area contributed by atoms with Gasteiger partial charge in [-0.05, 0) is 58.8 Å². The molecule has 0 aromatic heterocycles. The fraction of sp³-hybridized carbons (Fsp3) is 0.571. The highest BCUT2D eigenvalue weighted by atomic mass is 79.9. The highest BCUT2D eigenvalue weighted by molar-refractivity contribution is 9.10. The van der Waals surface area contributed by atoms with Crippen molar-refractivity contribution < 1.29 is 8.42 Å². The van der Waals surface area contributed by atoms with Gasteiger partial charge in [-0.2, -0.15) is 4.31 Å². The average Bonchev–Trinajstić information content (AvgIpc) is 2.54. The first-order valence-corrected chi connectivity index (χ1v) is 9.01. The Morgan fingerprint density at radius 1 is 1.25 bits per heavy atom. The van der Waals surface area contributed by atoms with Crippen LogP contribution in [0.15, 0.2) is 27.6 Å². The summed E-state index contributed by atoms with van der Waals surface area (Å²) in [5.74, 6) is 0. The minimum atomic E-state index is -3.43. The van der Waals surface area contributed by atoms with Crippen molar-refractivity contribution in [3.05, 3.63) is 22.7 Å². The molecule has 1 heterocycles. The molecule has 1 fully saturated rings. The zero-order valence-corrected chi connectivity index (χ0v) is 14.3. The summed E-state index contributed by atoms with van der Waals surface area (Å²) in [5.41, 5.74) is 6.47. The third-order valence-electron chi connectivity index (χ3n) is 3.91. The maximum absolute atomic E-state index is 12.7. The average molecular weight is 361 g/mol. The standard InChI is InChI=1S/C14H21BrN2O2S/c1-14(2)6-3-8-17(9-7-14)20(18,19)11-4-5-13(16)12(15)10-11/h4-5,10H,3,6-9,16H2,1-2H3. The van der Waals surface area contributed by atoms with Crippen LogP contribution in [0.1, 0.15) is 33.1 Å². The van der Waals surface area contributed by atoms with Gasteiger partial charge in [0.25, 0.3) is 0 Å². The Bertz CT molecular complexity index is 599. The number of rotatable bonds is 2. The van der Waals surface area contributed by atoms with E-state index in [1.807, 2.05) is 0 Å². The Morgan fingerprint density at radius 3 is 2.60 bits per heavy atom. The Hall–Kier alpha value is -0.590. The third kappa shape index (κ3) is 3.35. The van der Waals surface area contributed by atoms with Gasteiger partial charge in [0.2, 0.25) is 10.0 Å². The number of hydrogen-bond acceptors (Lipinski definition) is 3. The van der Waals surface area contributed by atoms with Gasteiger partial charge in [-0.3, -0.25) is 0 Å². The molecule has 6 heteroatoms. The first kappa shape index (κ1) is 15.8. The summed E-state index contributed by atoms with van der Waals surface area (Å²) in [5, 5.41) is 0. The van der Waals surface area contributed by atoms with E-state index in [1.165, 1.54) is 0 Å². The van der Waals surface area contributed by atoms with Gasteiger partial charge in [0, 0.05) is 23.2 Å². The van der Waals surface area contributed by atoms with E-state index in [2.05, 4.69) is 29.8 Å². The van der Waals surface area contributed by atoms with E-state index < -0.39 is 10.0 Å². The second kappa shape index (κ2) is 5.66. The fourth-order valence-electron chi connectivity index (χ4n) is 2.46. The van der Waals surface area contributed by atoms with E-state index in [4.69, 9.17) is 5.73 Å². The van der Waals surface area contributed by atoms with Crippen molar-refractivity contribution in [2.75, 3.05) is 18.8 Å². The Balaban J connectivity index is 2.28. The monoisotopic (exact) mass is 360 g/mol. The van der Waals surface area contributed by atoms with E-state index in [9.17, 15) is 8.42 Å². The summed E-state index contributed by atoms with van der Waals surface area (Å²) in [6.45, 7) is 5.57. The molecular formula is C14H21BrN2O2S. The summed E-state index contributed by atoms with van der Waals surface area (Å²) in [4.78, 5) is 0.304.